The van der Waals surface area contributed by atoms with Crippen LogP contribution >= 0.6 is 0 Å². The van der Waals surface area contributed by atoms with Crippen molar-refractivity contribution in [1.82, 2.24) is 9.47 Å². The molecule has 0 aliphatic carbocycles. The third kappa shape index (κ3) is 5.14. The molecule has 3 aromatic rings. The van der Waals surface area contributed by atoms with Gasteiger partial charge in [0, 0.05) is 39.8 Å². The molecule has 0 atom stereocenters. The fraction of sp³-hybridized carbons (Fsp3) is 0.333. The van der Waals surface area contributed by atoms with E-state index in [0.717, 1.165) is 11.3 Å². The molecule has 0 spiro atoms. The van der Waals surface area contributed by atoms with Crippen LogP contribution in [0.15, 0.2) is 53.3 Å². The average molecular weight is 538 g/mol. The molecule has 0 bridgehead atoms. The Morgan fingerprint density at radius 2 is 1.53 bits per heavy atom. The van der Waals surface area contributed by atoms with Gasteiger partial charge in [-0.25, -0.2) is 0 Å². The minimum Gasteiger partial charge on any atom is -0.370 e. The molecule has 38 heavy (non-hydrogen) atoms. The van der Waals surface area contributed by atoms with E-state index in [9.17, 15) is 35.9 Å². The quantitative estimate of drug-likeness (QED) is 0.399. The molecule has 0 radical (unpaired) electrons. The molecule has 2 aromatic carbocycles. The van der Waals surface area contributed by atoms with E-state index in [-0.39, 0.29) is 17.3 Å². The minimum atomic E-state index is -5.01. The minimum absolute atomic E-state index is 0.0146. The number of nitrogens with zero attached hydrogens (tertiary/aromatic N) is 3. The Morgan fingerprint density at radius 1 is 0.947 bits per heavy atom. The van der Waals surface area contributed by atoms with Gasteiger partial charge in [-0.3, -0.25) is 9.59 Å². The van der Waals surface area contributed by atoms with Gasteiger partial charge in [0.25, 0.3) is 11.5 Å². The van der Waals surface area contributed by atoms with E-state index in [2.05, 4.69) is 0 Å². The summed E-state index contributed by atoms with van der Waals surface area (Å²) in [5.74, 6) is -0.703. The molecule has 2 heterocycles. The lowest BCUT2D eigenvalue weighted by atomic mass is 9.91. The van der Waals surface area contributed by atoms with Gasteiger partial charge in [0.2, 0.25) is 0 Å². The number of aromatic nitrogens is 1. The highest BCUT2D eigenvalue weighted by Gasteiger charge is 2.37. The zero-order valence-corrected chi connectivity index (χ0v) is 20.9. The van der Waals surface area contributed by atoms with Crippen LogP contribution in [0.1, 0.15) is 39.2 Å². The Kier molecular flexibility index (Phi) is 7.07. The molecule has 1 aliphatic rings. The number of rotatable bonds is 4. The van der Waals surface area contributed by atoms with Crippen molar-refractivity contribution >= 4 is 11.6 Å². The summed E-state index contributed by atoms with van der Waals surface area (Å²) in [5.41, 5.74) is -1.32. The second-order valence-electron chi connectivity index (χ2n) is 9.38. The number of benzene rings is 2. The van der Waals surface area contributed by atoms with Gasteiger partial charge in [-0.1, -0.05) is 30.3 Å². The highest BCUT2D eigenvalue weighted by atomic mass is 19.4. The maximum Gasteiger partial charge on any atom is 0.416 e. The van der Waals surface area contributed by atoms with Gasteiger partial charge in [0.1, 0.15) is 11.4 Å². The van der Waals surface area contributed by atoms with Crippen LogP contribution in [-0.4, -0.2) is 36.0 Å². The van der Waals surface area contributed by atoms with Gasteiger partial charge >= 0.3 is 12.4 Å². The van der Waals surface area contributed by atoms with Crippen molar-refractivity contribution in [3.8, 4) is 11.1 Å². The van der Waals surface area contributed by atoms with Crippen LogP contribution in [0.2, 0.25) is 0 Å². The normalized spacial score (nSPS) is 13.9. The number of hydrogen-bond donors (Lipinski definition) is 0. The molecule has 1 aromatic heterocycles. The van der Waals surface area contributed by atoms with Crippen LogP contribution in [0.4, 0.5) is 32.0 Å². The highest BCUT2D eigenvalue weighted by molar-refractivity contribution is 6.01. The van der Waals surface area contributed by atoms with Gasteiger partial charge in [-0.2, -0.15) is 26.3 Å². The van der Waals surface area contributed by atoms with Crippen LogP contribution in [0.25, 0.3) is 11.1 Å². The number of carbonyl (C=O) groups is 1. The van der Waals surface area contributed by atoms with Crippen molar-refractivity contribution in [2.45, 2.75) is 31.7 Å². The second-order valence-corrected chi connectivity index (χ2v) is 9.38. The van der Waals surface area contributed by atoms with E-state index in [1.165, 1.54) is 18.7 Å². The summed E-state index contributed by atoms with van der Waals surface area (Å²) >= 11 is 0. The smallest absolute Gasteiger partial charge is 0.370 e. The largest absolute Gasteiger partial charge is 0.416 e. The van der Waals surface area contributed by atoms with Crippen LogP contribution < -0.4 is 10.5 Å². The van der Waals surface area contributed by atoms with Crippen LogP contribution in [0.5, 0.6) is 0 Å². The maximum absolute atomic E-state index is 13.8. The first-order valence-electron chi connectivity index (χ1n) is 11.8. The van der Waals surface area contributed by atoms with Gasteiger partial charge in [0.05, 0.1) is 11.1 Å². The zero-order valence-electron chi connectivity index (χ0n) is 20.9. The first kappa shape index (κ1) is 27.3. The van der Waals surface area contributed by atoms with E-state index in [1.54, 1.807) is 37.4 Å². The predicted octanol–water partition coefficient (Wildman–Crippen LogP) is 5.74. The average Bonchev–Trinajstić information content (AvgIpc) is 2.84. The number of amides is 1. The number of hydrogen-bond acceptors (Lipinski definition) is 3. The van der Waals surface area contributed by atoms with Crippen molar-refractivity contribution < 1.29 is 31.1 Å². The van der Waals surface area contributed by atoms with E-state index in [4.69, 9.17) is 0 Å². The van der Waals surface area contributed by atoms with E-state index >= 15 is 0 Å². The lowest BCUT2D eigenvalue weighted by molar-refractivity contribution is -0.143. The van der Waals surface area contributed by atoms with E-state index in [1.807, 2.05) is 4.90 Å². The van der Waals surface area contributed by atoms with Gasteiger partial charge in [0.15, 0.2) is 0 Å². The van der Waals surface area contributed by atoms with Gasteiger partial charge in [-0.15, -0.1) is 0 Å². The fourth-order valence-corrected chi connectivity index (χ4v) is 4.86. The van der Waals surface area contributed by atoms with Gasteiger partial charge < -0.3 is 14.4 Å². The number of anilines is 1. The third-order valence-corrected chi connectivity index (χ3v) is 6.65. The van der Waals surface area contributed by atoms with E-state index in [0.29, 0.717) is 47.5 Å². The summed E-state index contributed by atoms with van der Waals surface area (Å²) in [6, 6.07) is 10.2. The lowest BCUT2D eigenvalue weighted by Crippen LogP contribution is -2.39. The number of alkyl halides is 6. The van der Waals surface area contributed by atoms with Crippen LogP contribution in [0.3, 0.4) is 0 Å². The highest BCUT2D eigenvalue weighted by Crippen LogP contribution is 2.38. The summed E-state index contributed by atoms with van der Waals surface area (Å²) in [4.78, 5) is 29.9. The van der Waals surface area contributed by atoms with Crippen molar-refractivity contribution in [1.29, 1.82) is 0 Å². The SMILES string of the molecule is CN(Cc1cc(C(F)(F)F)cc(C(F)(F)F)c1)C(=O)c1c(-c2ccccc2)c2c(c(=O)n1C)N(C)CCC2. The van der Waals surface area contributed by atoms with Crippen molar-refractivity contribution in [3.63, 3.8) is 0 Å². The molecule has 0 saturated carbocycles. The molecular weight excluding hydrogens is 512 g/mol. The summed E-state index contributed by atoms with van der Waals surface area (Å²) in [5, 5.41) is 0. The fourth-order valence-electron chi connectivity index (χ4n) is 4.86. The Morgan fingerprint density at radius 3 is 2.08 bits per heavy atom. The monoisotopic (exact) mass is 537 g/mol. The number of fused-ring (bicyclic) bond motifs is 1. The first-order chi connectivity index (χ1) is 17.7. The molecule has 4 rings (SSSR count). The maximum atomic E-state index is 13.8. The Labute approximate surface area is 214 Å². The Bertz CT molecular complexity index is 1400. The predicted molar refractivity (Wildman–Crippen MR) is 131 cm³/mol. The second kappa shape index (κ2) is 9.85. The van der Waals surface area contributed by atoms with Crippen LogP contribution in [-0.2, 0) is 32.4 Å². The summed E-state index contributed by atoms with van der Waals surface area (Å²) in [6.07, 6.45) is -8.74. The summed E-state index contributed by atoms with van der Waals surface area (Å²) in [7, 11) is 4.50. The molecule has 11 heteroatoms. The lowest BCUT2D eigenvalue weighted by Gasteiger charge is -2.31. The topological polar surface area (TPSA) is 45.6 Å². The van der Waals surface area contributed by atoms with Crippen LogP contribution in [0, 0.1) is 0 Å². The van der Waals surface area contributed by atoms with Crippen molar-refractivity contribution in [2.24, 2.45) is 7.05 Å². The Hall–Kier alpha value is -3.76. The molecule has 1 aliphatic heterocycles. The van der Waals surface area contributed by atoms with E-state index < -0.39 is 41.5 Å². The molecule has 0 fully saturated rings. The molecule has 0 saturated heterocycles. The number of halogens is 6. The number of pyridine rings is 1. The van der Waals surface area contributed by atoms with Gasteiger partial charge in [-0.05, 0) is 47.7 Å². The van der Waals surface area contributed by atoms with Crippen molar-refractivity contribution in [2.75, 3.05) is 25.5 Å². The summed E-state index contributed by atoms with van der Waals surface area (Å²) < 4.78 is 81.2. The molecule has 0 N–H and O–H groups in total. The first-order valence-corrected chi connectivity index (χ1v) is 11.8. The van der Waals surface area contributed by atoms with Crippen molar-refractivity contribution in [3.05, 3.63) is 86.8 Å². The molecular formula is C27H25F6N3O2. The molecule has 5 nitrogen and oxygen atoms in total. The standard InChI is InChI=1S/C27H25F6N3O2/c1-34-11-7-10-20-21(17-8-5-4-6-9-17)23(36(3)25(38)22(20)34)24(37)35(2)15-16-12-18(26(28,29)30)14-19(13-16)27(31,32)33/h4-6,8-9,12-14H,7,10-11,15H2,1-3H3. The summed E-state index contributed by atoms with van der Waals surface area (Å²) in [6.45, 7) is 0.117. The molecule has 1 amide bonds. The number of carbonyl (C=O) groups excluding carboxylic acids is 1. The third-order valence-electron chi connectivity index (χ3n) is 6.65. The Balaban J connectivity index is 1.84. The molecule has 202 valence electrons. The zero-order chi connectivity index (χ0) is 28.0. The molecule has 0 unspecified atom stereocenters.